The van der Waals surface area contributed by atoms with E-state index < -0.39 is 128 Å². The fourth-order valence-electron chi connectivity index (χ4n) is 10.4. The van der Waals surface area contributed by atoms with Gasteiger partial charge in [-0.15, -0.1) is 0 Å². The molecule has 0 bridgehead atoms. The van der Waals surface area contributed by atoms with Gasteiger partial charge in [0.2, 0.25) is 0 Å². The summed E-state index contributed by atoms with van der Waals surface area (Å²) in [6, 6.07) is 1.07. The van der Waals surface area contributed by atoms with Crippen molar-refractivity contribution in [3.05, 3.63) is 56.9 Å². The monoisotopic (exact) mass is 898 g/mol. The third-order valence-electron chi connectivity index (χ3n) is 14.7. The van der Waals surface area contributed by atoms with Crippen molar-refractivity contribution in [3.63, 3.8) is 0 Å². The lowest BCUT2D eigenvalue weighted by molar-refractivity contribution is -0.219. The minimum atomic E-state index is -5.35. The van der Waals surface area contributed by atoms with Crippen LogP contribution < -0.4 is 22.3 Å². The van der Waals surface area contributed by atoms with Crippen LogP contribution in [0.4, 0.5) is 9.18 Å². The summed E-state index contributed by atoms with van der Waals surface area (Å²) in [5.41, 5.74) is -2.69. The third-order valence-corrected chi connectivity index (χ3v) is 20.1. The molecule has 21 heteroatoms. The van der Waals surface area contributed by atoms with Crippen molar-refractivity contribution in [2.45, 2.75) is 127 Å². The van der Waals surface area contributed by atoms with Crippen LogP contribution in [0.3, 0.4) is 0 Å². The predicted molar refractivity (Wildman–Crippen MR) is 219 cm³/mol. The first-order chi connectivity index (χ1) is 28.2. The number of nitrogens with two attached hydrogens (primary N) is 1. The summed E-state index contributed by atoms with van der Waals surface area (Å²) in [7, 11) is -8.22. The number of phosphoric ester groups is 1. The molecule has 3 saturated carbocycles. The van der Waals surface area contributed by atoms with E-state index in [1.54, 1.807) is 20.8 Å². The van der Waals surface area contributed by atoms with Crippen molar-refractivity contribution >= 4 is 33.8 Å². The number of alkyl halides is 1. The molecule has 0 spiro atoms. The molecule has 1 aromatic rings. The van der Waals surface area contributed by atoms with E-state index in [1.165, 1.54) is 18.2 Å². The second-order valence-corrected chi connectivity index (χ2v) is 25.3. The number of carbonyl (C=O) groups excluding carboxylic acids is 3. The van der Waals surface area contributed by atoms with Crippen molar-refractivity contribution < 1.29 is 61.4 Å². The number of hydrogen-bond donors (Lipinski definition) is 6. The van der Waals surface area contributed by atoms with E-state index in [0.717, 1.165) is 16.8 Å². The lowest BCUT2D eigenvalue weighted by atomic mass is 9.44. The van der Waals surface area contributed by atoms with Gasteiger partial charge in [0.15, 0.2) is 31.8 Å². The Balaban J connectivity index is 1.27. The van der Waals surface area contributed by atoms with Crippen LogP contribution >= 0.6 is 7.82 Å². The van der Waals surface area contributed by atoms with Gasteiger partial charge in [-0.05, 0) is 74.7 Å². The lowest BCUT2D eigenvalue weighted by Crippen LogP contribution is -2.69. The maximum Gasteiger partial charge on any atom is 0.473 e. The first kappa shape index (κ1) is 47.3. The molecule has 0 radical (unpaired) electrons. The Morgan fingerprint density at radius 1 is 1.18 bits per heavy atom. The molecule has 6 rings (SSSR count). The number of hydrogen-bond acceptors (Lipinski definition) is 14. The Kier molecular flexibility index (Phi) is 12.7. The molecule has 5 aliphatic rings. The normalized spacial score (nSPS) is 38.2. The number of halogens is 1. The van der Waals surface area contributed by atoms with Crippen LogP contribution in [-0.2, 0) is 37.1 Å². The van der Waals surface area contributed by atoms with Crippen LogP contribution in [0.15, 0.2) is 45.7 Å². The van der Waals surface area contributed by atoms with Crippen molar-refractivity contribution in [1.82, 2.24) is 14.9 Å². The number of ether oxygens (including phenoxy) is 2. The van der Waals surface area contributed by atoms with E-state index in [2.05, 4.69) is 10.3 Å². The number of aromatic nitrogens is 2. The number of Topliss-reactive ketones (excluding diaryl/α,β-unsaturated/α-hetero) is 1. The summed E-state index contributed by atoms with van der Waals surface area (Å²) in [6.45, 7) is 12.9. The topological polar surface area (TPSA) is 268 Å². The first-order valence-electron chi connectivity index (χ1n) is 20.6. The van der Waals surface area contributed by atoms with Crippen LogP contribution in [0.2, 0.25) is 18.1 Å². The van der Waals surface area contributed by atoms with Crippen molar-refractivity contribution in [2.24, 2.45) is 34.3 Å². The second kappa shape index (κ2) is 16.4. The van der Waals surface area contributed by atoms with E-state index in [-0.39, 0.29) is 38.1 Å². The number of aliphatic hydroxyl groups excluding tert-OH is 1. The summed E-state index contributed by atoms with van der Waals surface area (Å²) in [4.78, 5) is 77.6. The number of aromatic amines is 1. The van der Waals surface area contributed by atoms with Gasteiger partial charge in [-0.3, -0.25) is 33.0 Å². The van der Waals surface area contributed by atoms with E-state index >= 15 is 4.39 Å². The molecule has 13 atom stereocenters. The largest absolute Gasteiger partial charge is 0.473 e. The van der Waals surface area contributed by atoms with Gasteiger partial charge in [0.1, 0.15) is 37.1 Å². The standard InChI is InChI=1S/C40H60FN4O14PSi/c1-22-17-26-25-10-9-23-18-24(46)11-13-37(23,5)39(25,41)28(47)19-38(26,6)40(22,52)29(48)21-56-60(53,54)58-31-27(20-55-35(51)43-15-14-42)57-33(45-16-12-30(49)44-34(45)50)32(31)59-61(7,8)36(2,3)4/h11-13,16,18,22,25-28,31-33,47,52H,9-10,14-15,17,19-21,42H2,1-8H3,(H,43,51)(H,53,54)(H,44,49,50)/t22-,25+,26+,27-,28+,31-,32-,33-,37+,38+,39+,40+/m1/s1. The minimum Gasteiger partial charge on any atom is -0.447 e. The van der Waals surface area contributed by atoms with Gasteiger partial charge in [0.25, 0.3) is 5.56 Å². The molecule has 4 aliphatic carbocycles. The number of fused-ring (bicyclic) bond motifs is 5. The molecule has 1 unspecified atom stereocenters. The number of carbonyl (C=O) groups is 3. The van der Waals surface area contributed by atoms with Crippen LogP contribution in [0.5, 0.6) is 0 Å². The Labute approximate surface area is 354 Å². The number of amides is 1. The third kappa shape index (κ3) is 8.03. The summed E-state index contributed by atoms with van der Waals surface area (Å²) in [5.74, 6) is -3.46. The lowest BCUT2D eigenvalue weighted by Gasteiger charge is -2.62. The zero-order valence-corrected chi connectivity index (χ0v) is 37.7. The smallest absolute Gasteiger partial charge is 0.447 e. The Morgan fingerprint density at radius 2 is 1.87 bits per heavy atom. The molecule has 1 amide bonds. The average Bonchev–Trinajstić information content (AvgIpc) is 3.58. The molecule has 1 saturated heterocycles. The second-order valence-electron chi connectivity index (χ2n) is 19.1. The van der Waals surface area contributed by atoms with Crippen molar-refractivity contribution in [2.75, 3.05) is 26.3 Å². The molecule has 61 heavy (non-hydrogen) atoms. The van der Waals surface area contributed by atoms with Gasteiger partial charge in [-0.1, -0.05) is 46.3 Å². The highest BCUT2D eigenvalue weighted by atomic mass is 31.2. The predicted octanol–water partition coefficient (Wildman–Crippen LogP) is 2.93. The van der Waals surface area contributed by atoms with Crippen LogP contribution in [0.1, 0.15) is 73.5 Å². The van der Waals surface area contributed by atoms with E-state index in [9.17, 15) is 43.6 Å². The molecular weight excluding hydrogens is 839 g/mol. The van der Waals surface area contributed by atoms with Crippen molar-refractivity contribution in [3.8, 4) is 0 Å². The van der Waals surface area contributed by atoms with Crippen LogP contribution in [0, 0.1) is 28.6 Å². The molecule has 1 aromatic heterocycles. The Hall–Kier alpha value is -3.17. The molecular formula is C40H60FN4O14PSi. The van der Waals surface area contributed by atoms with Gasteiger partial charge in [0, 0.05) is 42.1 Å². The minimum absolute atomic E-state index is 0.0701. The quantitative estimate of drug-likeness (QED) is 0.123. The zero-order valence-electron chi connectivity index (χ0n) is 35.8. The average molecular weight is 899 g/mol. The highest BCUT2D eigenvalue weighted by Gasteiger charge is 2.75. The number of phosphoric acid groups is 1. The van der Waals surface area contributed by atoms with Crippen molar-refractivity contribution in [1.29, 1.82) is 0 Å². The number of rotatable bonds is 13. The Bertz CT molecular complexity index is 2140. The SMILES string of the molecule is C[C@@H]1C[C@H]2[C@@H]3CCC4=CC(=O)C=C[C@]4(C)[C@@]3(F)[C@@H](O)C[C@]2(C)[C@@]1(O)C(=O)COP(=O)(O)O[C@H]1[C@@H](O[Si](C)(C)C(C)(C)C)[C@H](n2ccc(=O)[nH]c2=O)O[C@@H]1COC(=O)NCCN. The number of allylic oxidation sites excluding steroid dienone is 4. The van der Waals surface area contributed by atoms with Crippen LogP contribution in [0.25, 0.3) is 0 Å². The first-order valence-corrected chi connectivity index (χ1v) is 25.1. The summed E-state index contributed by atoms with van der Waals surface area (Å²) in [6.07, 6.45) is -2.42. The number of ketones is 2. The molecule has 7 N–H and O–H groups in total. The Morgan fingerprint density at radius 3 is 2.51 bits per heavy atom. The summed E-state index contributed by atoms with van der Waals surface area (Å²) < 4.78 is 62.0. The van der Waals surface area contributed by atoms with E-state index in [1.807, 2.05) is 33.9 Å². The number of alkyl carbamates (subject to hydrolysis) is 1. The summed E-state index contributed by atoms with van der Waals surface area (Å²) in [5, 5.41) is 26.1. The molecule has 4 fully saturated rings. The van der Waals surface area contributed by atoms with Gasteiger partial charge in [-0.25, -0.2) is 18.5 Å². The maximum absolute atomic E-state index is 17.7. The molecule has 2 heterocycles. The van der Waals surface area contributed by atoms with Gasteiger partial charge < -0.3 is 40.1 Å². The fraction of sp³-hybridized carbons (Fsp3) is 0.725. The van der Waals surface area contributed by atoms with E-state index in [4.69, 9.17) is 28.7 Å². The maximum atomic E-state index is 17.7. The van der Waals surface area contributed by atoms with Gasteiger partial charge in [0.05, 0.1) is 6.10 Å². The van der Waals surface area contributed by atoms with Gasteiger partial charge in [-0.2, -0.15) is 0 Å². The highest BCUT2D eigenvalue weighted by Crippen LogP contribution is 2.71. The molecule has 340 valence electrons. The van der Waals surface area contributed by atoms with Gasteiger partial charge >= 0.3 is 19.6 Å². The number of H-pyrrole nitrogens is 1. The summed E-state index contributed by atoms with van der Waals surface area (Å²) >= 11 is 0. The number of nitrogens with one attached hydrogen (secondary N) is 2. The zero-order chi connectivity index (χ0) is 45.3. The molecule has 0 aromatic carbocycles. The molecule has 18 nitrogen and oxygen atoms in total. The number of nitrogens with zero attached hydrogens (tertiary/aromatic N) is 1. The van der Waals surface area contributed by atoms with Crippen LogP contribution in [-0.4, -0.2) is 113 Å². The molecule has 1 aliphatic heterocycles. The fourth-order valence-corrected chi connectivity index (χ4v) is 12.6. The number of aliphatic hydroxyl groups is 2. The highest BCUT2D eigenvalue weighted by molar-refractivity contribution is 7.47. The van der Waals surface area contributed by atoms with E-state index in [0.29, 0.717) is 12.0 Å².